The zero-order valence-corrected chi connectivity index (χ0v) is 10.2. The molecule has 0 aromatic carbocycles. The van der Waals surface area contributed by atoms with Crippen LogP contribution in [0.5, 0.6) is 0 Å². The van der Waals surface area contributed by atoms with E-state index < -0.39 is 0 Å². The number of hydrogen-bond acceptors (Lipinski definition) is 2. The van der Waals surface area contributed by atoms with E-state index in [9.17, 15) is 0 Å². The highest BCUT2D eigenvalue weighted by Gasteiger charge is 2.27. The molecule has 0 amide bonds. The summed E-state index contributed by atoms with van der Waals surface area (Å²) >= 11 is 0. The Hall–Kier alpha value is -0.0800. The molecule has 0 radical (unpaired) electrons. The minimum Gasteiger partial charge on any atom is -0.372 e. The smallest absolute Gasteiger partial charge is 0.0653 e. The van der Waals surface area contributed by atoms with Crippen LogP contribution in [0.15, 0.2) is 0 Å². The van der Waals surface area contributed by atoms with Gasteiger partial charge >= 0.3 is 0 Å². The van der Waals surface area contributed by atoms with Gasteiger partial charge < -0.3 is 9.64 Å². The molecule has 0 saturated carbocycles. The van der Waals surface area contributed by atoms with Gasteiger partial charge in [0.1, 0.15) is 0 Å². The third-order valence-corrected chi connectivity index (χ3v) is 3.61. The van der Waals surface area contributed by atoms with Gasteiger partial charge in [0.2, 0.25) is 0 Å². The second kappa shape index (κ2) is 5.13. The molecule has 0 aromatic rings. The molecule has 1 aliphatic rings. The van der Waals surface area contributed by atoms with Crippen molar-refractivity contribution in [3.05, 3.63) is 0 Å². The first kappa shape index (κ1) is 12.0. The van der Waals surface area contributed by atoms with Gasteiger partial charge in [-0.2, -0.15) is 0 Å². The Labute approximate surface area is 88.6 Å². The Morgan fingerprint density at radius 2 is 1.71 bits per heavy atom. The third kappa shape index (κ3) is 3.25. The SMILES string of the molecule is CCC(C)(CC)OC1CCN(C)CC1. The topological polar surface area (TPSA) is 12.5 Å². The highest BCUT2D eigenvalue weighted by molar-refractivity contribution is 4.77. The average molecular weight is 199 g/mol. The Bertz CT molecular complexity index is 158. The van der Waals surface area contributed by atoms with Crippen LogP contribution in [0.1, 0.15) is 46.5 Å². The van der Waals surface area contributed by atoms with E-state index in [1.165, 1.54) is 25.9 Å². The molecule has 0 bridgehead atoms. The molecular formula is C12H25NO. The Morgan fingerprint density at radius 3 is 2.14 bits per heavy atom. The monoisotopic (exact) mass is 199 g/mol. The van der Waals surface area contributed by atoms with Crippen LogP contribution in [-0.4, -0.2) is 36.7 Å². The summed E-state index contributed by atoms with van der Waals surface area (Å²) in [6.07, 6.45) is 5.14. The van der Waals surface area contributed by atoms with Crippen LogP contribution in [0.4, 0.5) is 0 Å². The van der Waals surface area contributed by atoms with Crippen LogP contribution in [-0.2, 0) is 4.74 Å². The van der Waals surface area contributed by atoms with Gasteiger partial charge in [0.15, 0.2) is 0 Å². The summed E-state index contributed by atoms with van der Waals surface area (Å²) in [7, 11) is 2.19. The van der Waals surface area contributed by atoms with Gasteiger partial charge in [-0.15, -0.1) is 0 Å². The Morgan fingerprint density at radius 1 is 1.21 bits per heavy atom. The lowest BCUT2D eigenvalue weighted by molar-refractivity contribution is -0.104. The second-order valence-corrected chi connectivity index (χ2v) is 4.78. The number of piperidine rings is 1. The lowest BCUT2D eigenvalue weighted by Gasteiger charge is -2.36. The molecule has 0 unspecified atom stereocenters. The standard InChI is InChI=1S/C12H25NO/c1-5-12(3,6-2)14-11-7-9-13(4)10-8-11/h11H,5-10H2,1-4H3. The van der Waals surface area contributed by atoms with Crippen LogP contribution in [0.25, 0.3) is 0 Å². The highest BCUT2D eigenvalue weighted by atomic mass is 16.5. The Kier molecular flexibility index (Phi) is 4.39. The van der Waals surface area contributed by atoms with Crippen molar-refractivity contribution in [2.75, 3.05) is 20.1 Å². The highest BCUT2D eigenvalue weighted by Crippen LogP contribution is 2.25. The molecule has 14 heavy (non-hydrogen) atoms. The fraction of sp³-hybridized carbons (Fsp3) is 1.00. The summed E-state index contributed by atoms with van der Waals surface area (Å²) in [6, 6.07) is 0. The summed E-state index contributed by atoms with van der Waals surface area (Å²) < 4.78 is 6.20. The van der Waals surface area contributed by atoms with E-state index in [-0.39, 0.29) is 5.60 Å². The quantitative estimate of drug-likeness (QED) is 0.690. The molecule has 0 spiro atoms. The lowest BCUT2D eigenvalue weighted by atomic mass is 9.98. The molecule has 1 aliphatic heterocycles. The molecule has 0 aromatic heterocycles. The van der Waals surface area contributed by atoms with Gasteiger partial charge in [-0.1, -0.05) is 13.8 Å². The fourth-order valence-electron chi connectivity index (χ4n) is 1.92. The minimum atomic E-state index is 0.112. The largest absolute Gasteiger partial charge is 0.372 e. The number of nitrogens with zero attached hydrogens (tertiary/aromatic N) is 1. The zero-order chi connectivity index (χ0) is 10.6. The van der Waals surface area contributed by atoms with Crippen molar-refractivity contribution in [1.82, 2.24) is 4.90 Å². The number of rotatable bonds is 4. The normalized spacial score (nSPS) is 21.4. The third-order valence-electron chi connectivity index (χ3n) is 3.61. The van der Waals surface area contributed by atoms with Crippen LogP contribution < -0.4 is 0 Å². The summed E-state index contributed by atoms with van der Waals surface area (Å²) in [5.74, 6) is 0. The fourth-order valence-corrected chi connectivity index (χ4v) is 1.92. The second-order valence-electron chi connectivity index (χ2n) is 4.78. The molecule has 1 saturated heterocycles. The van der Waals surface area contributed by atoms with Crippen LogP contribution >= 0.6 is 0 Å². The van der Waals surface area contributed by atoms with Crippen molar-refractivity contribution in [2.45, 2.75) is 58.2 Å². The maximum Gasteiger partial charge on any atom is 0.0653 e. The van der Waals surface area contributed by atoms with Gasteiger partial charge in [-0.3, -0.25) is 0 Å². The number of ether oxygens (including phenoxy) is 1. The zero-order valence-electron chi connectivity index (χ0n) is 10.2. The molecule has 1 fully saturated rings. The first-order valence-electron chi connectivity index (χ1n) is 5.96. The van der Waals surface area contributed by atoms with Crippen LogP contribution in [0, 0.1) is 0 Å². The molecule has 1 rings (SSSR count). The van der Waals surface area contributed by atoms with E-state index >= 15 is 0 Å². The molecular weight excluding hydrogens is 174 g/mol. The summed E-state index contributed by atoms with van der Waals surface area (Å²) in [5.41, 5.74) is 0.112. The summed E-state index contributed by atoms with van der Waals surface area (Å²) in [4.78, 5) is 2.38. The molecule has 0 N–H and O–H groups in total. The summed E-state index contributed by atoms with van der Waals surface area (Å²) in [5, 5.41) is 0. The average Bonchev–Trinajstić information content (AvgIpc) is 2.21. The Balaban J connectivity index is 2.36. The van der Waals surface area contributed by atoms with E-state index in [4.69, 9.17) is 4.74 Å². The van der Waals surface area contributed by atoms with Gasteiger partial charge in [-0.05, 0) is 39.7 Å². The van der Waals surface area contributed by atoms with Crippen molar-refractivity contribution in [3.63, 3.8) is 0 Å². The minimum absolute atomic E-state index is 0.112. The number of hydrogen-bond donors (Lipinski definition) is 0. The first-order valence-corrected chi connectivity index (χ1v) is 5.96. The van der Waals surface area contributed by atoms with Gasteiger partial charge in [0.05, 0.1) is 11.7 Å². The van der Waals surface area contributed by atoms with Crippen molar-refractivity contribution in [3.8, 4) is 0 Å². The van der Waals surface area contributed by atoms with Crippen molar-refractivity contribution in [2.24, 2.45) is 0 Å². The molecule has 2 nitrogen and oxygen atoms in total. The van der Waals surface area contributed by atoms with Gasteiger partial charge in [0, 0.05) is 13.1 Å². The van der Waals surface area contributed by atoms with E-state index in [1.54, 1.807) is 0 Å². The van der Waals surface area contributed by atoms with Crippen LogP contribution in [0.3, 0.4) is 0 Å². The van der Waals surface area contributed by atoms with Gasteiger partial charge in [0.25, 0.3) is 0 Å². The predicted octanol–water partition coefficient (Wildman–Crippen LogP) is 2.68. The molecule has 0 aliphatic carbocycles. The first-order chi connectivity index (χ1) is 6.59. The van der Waals surface area contributed by atoms with Crippen molar-refractivity contribution < 1.29 is 4.74 Å². The maximum atomic E-state index is 6.20. The maximum absolute atomic E-state index is 6.20. The predicted molar refractivity (Wildman–Crippen MR) is 60.6 cm³/mol. The van der Waals surface area contributed by atoms with Crippen molar-refractivity contribution >= 4 is 0 Å². The molecule has 84 valence electrons. The van der Waals surface area contributed by atoms with Crippen molar-refractivity contribution in [1.29, 1.82) is 0 Å². The number of likely N-dealkylation sites (tertiary alicyclic amines) is 1. The van der Waals surface area contributed by atoms with Gasteiger partial charge in [-0.25, -0.2) is 0 Å². The van der Waals surface area contributed by atoms with E-state index in [1.807, 2.05) is 0 Å². The molecule has 0 atom stereocenters. The molecule has 1 heterocycles. The van der Waals surface area contributed by atoms with E-state index in [0.29, 0.717) is 6.10 Å². The molecule has 2 heteroatoms. The van der Waals surface area contributed by atoms with E-state index in [2.05, 4.69) is 32.7 Å². The lowest BCUT2D eigenvalue weighted by Crippen LogP contribution is -2.39. The van der Waals surface area contributed by atoms with E-state index in [0.717, 1.165) is 12.8 Å². The summed E-state index contributed by atoms with van der Waals surface area (Å²) in [6.45, 7) is 9.06. The van der Waals surface area contributed by atoms with Crippen LogP contribution in [0.2, 0.25) is 0 Å².